The molecule has 1 amide bonds. The van der Waals surface area contributed by atoms with Crippen molar-refractivity contribution < 1.29 is 19.0 Å². The number of ether oxygens (including phenoxy) is 1. The third-order valence-electron chi connectivity index (χ3n) is 3.41. The van der Waals surface area contributed by atoms with Crippen molar-refractivity contribution in [1.82, 2.24) is 5.32 Å². The summed E-state index contributed by atoms with van der Waals surface area (Å²) in [6.45, 7) is 2.08. The Kier molecular flexibility index (Phi) is 6.26. The second-order valence-electron chi connectivity index (χ2n) is 5.26. The summed E-state index contributed by atoms with van der Waals surface area (Å²) >= 11 is 0. The van der Waals surface area contributed by atoms with Crippen LogP contribution < -0.4 is 5.32 Å². The fourth-order valence-corrected chi connectivity index (χ4v) is 2.05. The molecule has 0 bridgehead atoms. The summed E-state index contributed by atoms with van der Waals surface area (Å²) in [4.78, 5) is 11.8. The molecular formula is C18H20FNO3. The summed E-state index contributed by atoms with van der Waals surface area (Å²) in [5, 5.41) is 12.5. The van der Waals surface area contributed by atoms with Gasteiger partial charge in [0.2, 0.25) is 0 Å². The van der Waals surface area contributed by atoms with Crippen LogP contribution in [0.15, 0.2) is 54.6 Å². The molecule has 5 heteroatoms. The van der Waals surface area contributed by atoms with Crippen LogP contribution in [-0.2, 0) is 4.74 Å². The fraction of sp³-hybridized carbons (Fsp3) is 0.278. The third-order valence-corrected chi connectivity index (χ3v) is 3.41. The standard InChI is InChI=1S/C18H20FNO3/c1-13(14-5-3-2-4-6-14)23-12-17(21)11-20-18(22)15-7-9-16(19)10-8-15/h2-10,13,17,21H,11-12H2,1H3,(H,20,22)/t13-,17-/m0/s1. The second kappa shape index (κ2) is 8.41. The Morgan fingerprint density at radius 1 is 1.17 bits per heavy atom. The first-order chi connectivity index (χ1) is 11.1. The number of amides is 1. The normalized spacial score (nSPS) is 13.3. The quantitative estimate of drug-likeness (QED) is 0.825. The number of hydrogen-bond acceptors (Lipinski definition) is 3. The first kappa shape index (κ1) is 17.1. The highest BCUT2D eigenvalue weighted by Crippen LogP contribution is 2.15. The minimum atomic E-state index is -0.814. The van der Waals surface area contributed by atoms with Gasteiger partial charge < -0.3 is 15.2 Å². The molecular weight excluding hydrogens is 297 g/mol. The lowest BCUT2D eigenvalue weighted by Gasteiger charge is -2.17. The maximum absolute atomic E-state index is 12.8. The summed E-state index contributed by atoms with van der Waals surface area (Å²) in [6, 6.07) is 14.9. The molecule has 0 aliphatic rings. The average Bonchev–Trinajstić information content (AvgIpc) is 2.59. The fourth-order valence-electron chi connectivity index (χ4n) is 2.05. The van der Waals surface area contributed by atoms with Crippen LogP contribution in [0.4, 0.5) is 4.39 Å². The van der Waals surface area contributed by atoms with Crippen molar-refractivity contribution in [1.29, 1.82) is 0 Å². The van der Waals surface area contributed by atoms with Gasteiger partial charge in [0.05, 0.1) is 18.8 Å². The predicted octanol–water partition coefficient (Wildman–Crippen LogP) is 2.69. The number of benzene rings is 2. The van der Waals surface area contributed by atoms with E-state index in [1.165, 1.54) is 24.3 Å². The van der Waals surface area contributed by atoms with E-state index >= 15 is 0 Å². The zero-order valence-electron chi connectivity index (χ0n) is 12.9. The van der Waals surface area contributed by atoms with Crippen molar-refractivity contribution in [3.8, 4) is 0 Å². The van der Waals surface area contributed by atoms with Crippen molar-refractivity contribution in [2.24, 2.45) is 0 Å². The van der Waals surface area contributed by atoms with Gasteiger partial charge in [-0.15, -0.1) is 0 Å². The van der Waals surface area contributed by atoms with Gasteiger partial charge in [-0.1, -0.05) is 30.3 Å². The summed E-state index contributed by atoms with van der Waals surface area (Å²) in [7, 11) is 0. The molecule has 0 aliphatic carbocycles. The lowest BCUT2D eigenvalue weighted by molar-refractivity contribution is -0.00171. The number of aliphatic hydroxyl groups excluding tert-OH is 1. The van der Waals surface area contributed by atoms with E-state index in [0.717, 1.165) is 5.56 Å². The van der Waals surface area contributed by atoms with Gasteiger partial charge in [0.25, 0.3) is 5.91 Å². The van der Waals surface area contributed by atoms with E-state index in [1.807, 2.05) is 37.3 Å². The maximum Gasteiger partial charge on any atom is 0.251 e. The van der Waals surface area contributed by atoms with E-state index in [4.69, 9.17) is 4.74 Å². The number of halogens is 1. The monoisotopic (exact) mass is 317 g/mol. The van der Waals surface area contributed by atoms with Crippen LogP contribution in [0.3, 0.4) is 0 Å². The zero-order valence-corrected chi connectivity index (χ0v) is 12.9. The van der Waals surface area contributed by atoms with Crippen molar-refractivity contribution in [3.05, 3.63) is 71.5 Å². The van der Waals surface area contributed by atoms with Gasteiger partial charge >= 0.3 is 0 Å². The van der Waals surface area contributed by atoms with Gasteiger partial charge in [-0.3, -0.25) is 4.79 Å². The molecule has 2 aromatic rings. The smallest absolute Gasteiger partial charge is 0.251 e. The molecule has 2 atom stereocenters. The molecule has 23 heavy (non-hydrogen) atoms. The Morgan fingerprint density at radius 2 is 1.83 bits per heavy atom. The molecule has 2 N–H and O–H groups in total. The maximum atomic E-state index is 12.8. The summed E-state index contributed by atoms with van der Waals surface area (Å²) in [5.74, 6) is -0.759. The van der Waals surface area contributed by atoms with Gasteiger partial charge in [0.15, 0.2) is 0 Å². The van der Waals surface area contributed by atoms with Crippen LogP contribution in [0, 0.1) is 5.82 Å². The first-order valence-electron chi connectivity index (χ1n) is 7.44. The second-order valence-corrected chi connectivity index (χ2v) is 5.26. The Labute approximate surface area is 134 Å². The van der Waals surface area contributed by atoms with E-state index in [2.05, 4.69) is 5.32 Å². The average molecular weight is 317 g/mol. The van der Waals surface area contributed by atoms with Gasteiger partial charge in [0, 0.05) is 12.1 Å². The number of hydrogen-bond donors (Lipinski definition) is 2. The predicted molar refractivity (Wildman–Crippen MR) is 85.5 cm³/mol. The molecule has 2 aromatic carbocycles. The molecule has 0 saturated carbocycles. The van der Waals surface area contributed by atoms with Crippen LogP contribution in [-0.4, -0.2) is 30.3 Å². The minimum absolute atomic E-state index is 0.0672. The lowest BCUT2D eigenvalue weighted by atomic mass is 10.1. The van der Waals surface area contributed by atoms with E-state index in [9.17, 15) is 14.3 Å². The van der Waals surface area contributed by atoms with Gasteiger partial charge in [-0.05, 0) is 36.8 Å². The molecule has 0 spiro atoms. The molecule has 0 aliphatic heterocycles. The largest absolute Gasteiger partial charge is 0.389 e. The van der Waals surface area contributed by atoms with Gasteiger partial charge in [-0.2, -0.15) is 0 Å². The lowest BCUT2D eigenvalue weighted by Crippen LogP contribution is -2.34. The van der Waals surface area contributed by atoms with Crippen LogP contribution in [0.25, 0.3) is 0 Å². The molecule has 0 aromatic heterocycles. The van der Waals surface area contributed by atoms with E-state index in [1.54, 1.807) is 0 Å². The number of aliphatic hydroxyl groups is 1. The van der Waals surface area contributed by atoms with Crippen LogP contribution in [0.2, 0.25) is 0 Å². The molecule has 122 valence electrons. The zero-order chi connectivity index (χ0) is 16.7. The molecule has 0 saturated heterocycles. The Hall–Kier alpha value is -2.24. The SMILES string of the molecule is C[C@H](OC[C@@H](O)CNC(=O)c1ccc(F)cc1)c1ccccc1. The Balaban J connectivity index is 1.73. The van der Waals surface area contributed by atoms with Gasteiger partial charge in [-0.25, -0.2) is 4.39 Å². The molecule has 0 fully saturated rings. The van der Waals surface area contributed by atoms with Gasteiger partial charge in [0.1, 0.15) is 5.82 Å². The number of rotatable bonds is 7. The molecule has 4 nitrogen and oxygen atoms in total. The summed E-state index contributed by atoms with van der Waals surface area (Å²) < 4.78 is 18.4. The number of carbonyl (C=O) groups is 1. The Bertz CT molecular complexity index is 616. The topological polar surface area (TPSA) is 58.6 Å². The minimum Gasteiger partial charge on any atom is -0.389 e. The van der Waals surface area contributed by atoms with Crippen molar-refractivity contribution in [3.63, 3.8) is 0 Å². The third kappa shape index (κ3) is 5.47. The van der Waals surface area contributed by atoms with E-state index in [0.29, 0.717) is 5.56 Å². The summed E-state index contributed by atoms with van der Waals surface area (Å²) in [6.07, 6.45) is -0.954. The van der Waals surface area contributed by atoms with Crippen LogP contribution in [0.1, 0.15) is 28.9 Å². The molecule has 0 radical (unpaired) electrons. The van der Waals surface area contributed by atoms with Crippen LogP contribution in [0.5, 0.6) is 0 Å². The molecule has 0 heterocycles. The highest BCUT2D eigenvalue weighted by molar-refractivity contribution is 5.94. The Morgan fingerprint density at radius 3 is 2.48 bits per heavy atom. The number of carbonyl (C=O) groups excluding carboxylic acids is 1. The van der Waals surface area contributed by atoms with Crippen LogP contribution >= 0.6 is 0 Å². The number of nitrogens with one attached hydrogen (secondary N) is 1. The highest BCUT2D eigenvalue weighted by Gasteiger charge is 2.12. The first-order valence-corrected chi connectivity index (χ1v) is 7.44. The van der Waals surface area contributed by atoms with Crippen molar-refractivity contribution in [2.45, 2.75) is 19.1 Å². The molecule has 2 rings (SSSR count). The summed E-state index contributed by atoms with van der Waals surface area (Å²) in [5.41, 5.74) is 1.37. The molecule has 0 unspecified atom stereocenters. The van der Waals surface area contributed by atoms with Crippen molar-refractivity contribution >= 4 is 5.91 Å². The van der Waals surface area contributed by atoms with E-state index in [-0.39, 0.29) is 25.2 Å². The van der Waals surface area contributed by atoms with E-state index < -0.39 is 11.9 Å². The highest BCUT2D eigenvalue weighted by atomic mass is 19.1. The van der Waals surface area contributed by atoms with Crippen molar-refractivity contribution in [2.75, 3.05) is 13.2 Å².